The van der Waals surface area contributed by atoms with Crippen LogP contribution < -0.4 is 5.32 Å². The van der Waals surface area contributed by atoms with Gasteiger partial charge in [-0.15, -0.1) is 0 Å². The van der Waals surface area contributed by atoms with Crippen molar-refractivity contribution in [2.24, 2.45) is 0 Å². The van der Waals surface area contributed by atoms with Gasteiger partial charge >= 0.3 is 6.09 Å². The normalized spacial score (nSPS) is 11.5. The number of ether oxygens (including phenoxy) is 6. The van der Waals surface area contributed by atoms with Crippen LogP contribution in [0.15, 0.2) is 30.3 Å². The Hall–Kier alpha value is -1.75. The van der Waals surface area contributed by atoms with Crippen LogP contribution in [0.4, 0.5) is 4.79 Å². The lowest BCUT2D eigenvalue weighted by Crippen LogP contribution is -2.38. The average molecular weight is 499 g/mol. The maximum atomic E-state index is 12.6. The van der Waals surface area contributed by atoms with E-state index in [0.717, 1.165) is 18.7 Å². The van der Waals surface area contributed by atoms with E-state index < -0.39 is 5.60 Å². The molecular weight excluding hydrogens is 452 g/mol. The van der Waals surface area contributed by atoms with Gasteiger partial charge in [0, 0.05) is 19.6 Å². The zero-order valence-electron chi connectivity index (χ0n) is 22.1. The van der Waals surface area contributed by atoms with Crippen LogP contribution in [0.25, 0.3) is 0 Å². The highest BCUT2D eigenvalue weighted by Crippen LogP contribution is 2.12. The number of carbonyl (C=O) groups excluding carboxylic acids is 1. The summed E-state index contributed by atoms with van der Waals surface area (Å²) in [7, 11) is 0. The molecule has 9 heteroatoms. The number of benzene rings is 1. The van der Waals surface area contributed by atoms with Crippen LogP contribution in [0, 0.1) is 0 Å². The molecule has 0 radical (unpaired) electrons. The van der Waals surface area contributed by atoms with Gasteiger partial charge in [-0.05, 0) is 32.9 Å². The third kappa shape index (κ3) is 19.2. The van der Waals surface area contributed by atoms with Crippen LogP contribution >= 0.6 is 0 Å². The molecule has 9 nitrogen and oxygen atoms in total. The van der Waals surface area contributed by atoms with Crippen molar-refractivity contribution in [2.45, 2.75) is 39.8 Å². The van der Waals surface area contributed by atoms with Gasteiger partial charge in [0.15, 0.2) is 0 Å². The van der Waals surface area contributed by atoms with E-state index in [-0.39, 0.29) is 6.09 Å². The van der Waals surface area contributed by atoms with Crippen molar-refractivity contribution in [3.8, 4) is 0 Å². The van der Waals surface area contributed by atoms with Crippen molar-refractivity contribution in [2.75, 3.05) is 85.7 Å². The van der Waals surface area contributed by atoms with Crippen molar-refractivity contribution < 1.29 is 33.2 Å². The van der Waals surface area contributed by atoms with E-state index in [1.54, 1.807) is 4.90 Å². The van der Waals surface area contributed by atoms with E-state index in [2.05, 4.69) is 12.2 Å². The Morgan fingerprint density at radius 1 is 0.771 bits per heavy atom. The van der Waals surface area contributed by atoms with Crippen molar-refractivity contribution in [1.82, 2.24) is 10.2 Å². The summed E-state index contributed by atoms with van der Waals surface area (Å²) in [5.41, 5.74) is 0.496. The molecule has 0 aliphatic heterocycles. The quantitative estimate of drug-likeness (QED) is 0.259. The summed E-state index contributed by atoms with van der Waals surface area (Å²) in [5.74, 6) is 0. The maximum absolute atomic E-state index is 12.6. The number of rotatable bonds is 21. The van der Waals surface area contributed by atoms with Gasteiger partial charge in [-0.2, -0.15) is 0 Å². The molecule has 0 bridgehead atoms. The van der Waals surface area contributed by atoms with Gasteiger partial charge in [0.25, 0.3) is 0 Å². The summed E-state index contributed by atoms with van der Waals surface area (Å²) >= 11 is 0. The van der Waals surface area contributed by atoms with Gasteiger partial charge in [-0.3, -0.25) is 0 Å². The molecule has 0 aromatic heterocycles. The first-order chi connectivity index (χ1) is 16.9. The molecule has 0 saturated carbocycles. The van der Waals surface area contributed by atoms with Crippen molar-refractivity contribution in [3.05, 3.63) is 35.9 Å². The molecule has 0 atom stereocenters. The minimum Gasteiger partial charge on any atom is -0.444 e. The van der Waals surface area contributed by atoms with E-state index in [1.807, 2.05) is 51.1 Å². The molecule has 0 aliphatic rings. The van der Waals surface area contributed by atoms with Gasteiger partial charge in [0.05, 0.1) is 66.1 Å². The second-order valence-corrected chi connectivity index (χ2v) is 8.80. The van der Waals surface area contributed by atoms with Crippen molar-refractivity contribution in [1.29, 1.82) is 0 Å². The molecule has 0 heterocycles. The van der Waals surface area contributed by atoms with Gasteiger partial charge in [-0.25, -0.2) is 4.79 Å². The third-order valence-electron chi connectivity index (χ3n) is 4.53. The number of likely N-dealkylation sites (N-methyl/N-ethyl adjacent to an activating group) is 1. The Labute approximate surface area is 211 Å². The maximum Gasteiger partial charge on any atom is 0.410 e. The first kappa shape index (κ1) is 31.3. The number of nitrogens with one attached hydrogen (secondary N) is 1. The van der Waals surface area contributed by atoms with E-state index in [1.165, 1.54) is 0 Å². The largest absolute Gasteiger partial charge is 0.444 e. The Morgan fingerprint density at radius 2 is 1.26 bits per heavy atom. The number of amides is 1. The Morgan fingerprint density at radius 3 is 1.74 bits per heavy atom. The third-order valence-corrected chi connectivity index (χ3v) is 4.53. The second-order valence-electron chi connectivity index (χ2n) is 8.80. The van der Waals surface area contributed by atoms with Gasteiger partial charge < -0.3 is 38.6 Å². The molecule has 0 fully saturated rings. The lowest BCUT2D eigenvalue weighted by Gasteiger charge is -2.27. The van der Waals surface area contributed by atoms with E-state index >= 15 is 0 Å². The van der Waals surface area contributed by atoms with E-state index in [4.69, 9.17) is 28.4 Å². The fraction of sp³-hybridized carbons (Fsp3) is 0.731. The van der Waals surface area contributed by atoms with Crippen LogP contribution in [0.5, 0.6) is 0 Å². The fourth-order valence-corrected chi connectivity index (χ4v) is 2.84. The first-order valence-corrected chi connectivity index (χ1v) is 12.5. The van der Waals surface area contributed by atoms with Gasteiger partial charge in [0.1, 0.15) is 5.60 Å². The Bertz CT molecular complexity index is 626. The second kappa shape index (κ2) is 20.4. The highest BCUT2D eigenvalue weighted by molar-refractivity contribution is 5.68. The molecule has 1 N–H and O–H groups in total. The minimum absolute atomic E-state index is 0.348. The predicted molar refractivity (Wildman–Crippen MR) is 136 cm³/mol. The molecule has 1 aromatic carbocycles. The van der Waals surface area contributed by atoms with E-state index in [0.29, 0.717) is 79.2 Å². The number of nitrogens with zero attached hydrogens (tertiary/aromatic N) is 1. The lowest BCUT2D eigenvalue weighted by atomic mass is 10.2. The highest BCUT2D eigenvalue weighted by atomic mass is 16.6. The SMILES string of the molecule is CCNCCOCCOCCOCCOCCOCCN(Cc1ccccc1)C(=O)OC(C)(C)C. The molecular formula is C26H46N2O7. The average Bonchev–Trinajstić information content (AvgIpc) is 2.82. The lowest BCUT2D eigenvalue weighted by molar-refractivity contribution is -0.0139. The van der Waals surface area contributed by atoms with Crippen LogP contribution in [-0.4, -0.2) is 102 Å². The Balaban J connectivity index is 2.02. The molecule has 1 rings (SSSR count). The molecule has 0 spiro atoms. The van der Waals surface area contributed by atoms with Crippen LogP contribution in [0.1, 0.15) is 33.3 Å². The summed E-state index contributed by atoms with van der Waals surface area (Å²) in [6.07, 6.45) is -0.348. The molecule has 202 valence electrons. The summed E-state index contributed by atoms with van der Waals surface area (Å²) in [5, 5.41) is 3.20. The summed E-state index contributed by atoms with van der Waals surface area (Å²) < 4.78 is 33.0. The van der Waals surface area contributed by atoms with Crippen molar-refractivity contribution >= 4 is 6.09 Å². The molecule has 0 unspecified atom stereocenters. The summed E-state index contributed by atoms with van der Waals surface area (Å²) in [6, 6.07) is 9.84. The van der Waals surface area contributed by atoms with Crippen molar-refractivity contribution in [3.63, 3.8) is 0 Å². The number of hydrogen-bond acceptors (Lipinski definition) is 8. The van der Waals surface area contributed by atoms with Crippen LogP contribution in [0.3, 0.4) is 0 Å². The number of hydrogen-bond donors (Lipinski definition) is 1. The zero-order chi connectivity index (χ0) is 25.6. The predicted octanol–water partition coefficient (Wildman–Crippen LogP) is 3.12. The molecule has 1 amide bonds. The molecule has 1 aromatic rings. The highest BCUT2D eigenvalue weighted by Gasteiger charge is 2.22. The zero-order valence-corrected chi connectivity index (χ0v) is 22.1. The monoisotopic (exact) mass is 498 g/mol. The first-order valence-electron chi connectivity index (χ1n) is 12.5. The summed E-state index contributed by atoms with van der Waals surface area (Å²) in [4.78, 5) is 14.2. The smallest absolute Gasteiger partial charge is 0.410 e. The van der Waals surface area contributed by atoms with Crippen LogP contribution in [0.2, 0.25) is 0 Å². The number of carbonyl (C=O) groups is 1. The fourth-order valence-electron chi connectivity index (χ4n) is 2.84. The minimum atomic E-state index is -0.546. The van der Waals surface area contributed by atoms with Crippen LogP contribution in [-0.2, 0) is 35.0 Å². The molecule has 35 heavy (non-hydrogen) atoms. The standard InChI is InChI=1S/C26H46N2O7/c1-5-27-11-13-30-15-17-32-19-21-34-22-20-33-18-16-31-14-12-28(25(29)35-26(2,3)4)23-24-9-7-6-8-10-24/h6-10,27H,5,11-23H2,1-4H3. The summed E-state index contributed by atoms with van der Waals surface area (Å²) in [6.45, 7) is 15.6. The van der Waals surface area contributed by atoms with Gasteiger partial charge in [-0.1, -0.05) is 37.3 Å². The van der Waals surface area contributed by atoms with E-state index in [9.17, 15) is 4.79 Å². The molecule has 0 saturated heterocycles. The topological polar surface area (TPSA) is 87.7 Å². The molecule has 0 aliphatic carbocycles. The Kier molecular flexibility index (Phi) is 18.3. The van der Waals surface area contributed by atoms with Gasteiger partial charge in [0.2, 0.25) is 0 Å².